The summed E-state index contributed by atoms with van der Waals surface area (Å²) in [6.45, 7) is 10.6. The van der Waals surface area contributed by atoms with Gasteiger partial charge in [-0.3, -0.25) is 4.79 Å². The summed E-state index contributed by atoms with van der Waals surface area (Å²) in [4.78, 5) is 40.8. The molecule has 2 saturated heterocycles. The standard InChI is InChI=1S/C48H60N4O11S2/c1-29(2)26-52(65(58,59)34-17-15-33(60-6)16-18-34)27-39(53)38(50-46(57)63-40-28-62-48(5)37(40)20-22-61-48)23-30-11-13-32(14-12-30)49-25-31-9-7-8-10-35(31)43(54)51-44-42(45(55)56)36-24-47(3,4)21-19-41(36)64-44/h7-18,29,37-40,49,53H,19-28H2,1-6H3,(H,50,57)(H,51,54)(H,55,56)/t37-,38-,39+,40-,48+/m0/s1. The molecule has 15 nitrogen and oxygen atoms in total. The maximum Gasteiger partial charge on any atom is 0.407 e. The molecule has 350 valence electrons. The van der Waals surface area contributed by atoms with Gasteiger partial charge in [-0.2, -0.15) is 4.31 Å². The molecular weight excluding hydrogens is 873 g/mol. The van der Waals surface area contributed by atoms with Crippen LogP contribution >= 0.6 is 11.3 Å². The fourth-order valence-electron chi connectivity index (χ4n) is 8.94. The highest BCUT2D eigenvalue weighted by Gasteiger charge is 2.53. The molecule has 5 N–H and O–H groups in total. The van der Waals surface area contributed by atoms with E-state index in [9.17, 15) is 33.0 Å². The Bertz CT molecular complexity index is 2460. The zero-order chi connectivity index (χ0) is 46.7. The molecule has 3 heterocycles. The summed E-state index contributed by atoms with van der Waals surface area (Å²) < 4.78 is 51.9. The number of nitrogens with zero attached hydrogens (tertiary/aromatic N) is 1. The molecule has 17 heteroatoms. The Labute approximate surface area is 384 Å². The molecule has 0 radical (unpaired) electrons. The Hall–Kier alpha value is -5.04. The summed E-state index contributed by atoms with van der Waals surface area (Å²) in [5.74, 6) is -2.03. The van der Waals surface area contributed by atoms with Crippen LogP contribution in [0.4, 0.5) is 15.5 Å². The zero-order valence-corrected chi connectivity index (χ0v) is 39.4. The van der Waals surface area contributed by atoms with Crippen LogP contribution in [0.5, 0.6) is 5.75 Å². The van der Waals surface area contributed by atoms with Crippen molar-refractivity contribution in [1.29, 1.82) is 0 Å². The number of ether oxygens (including phenoxy) is 4. The Kier molecular flexibility index (Phi) is 14.6. The molecule has 2 amide bonds. The van der Waals surface area contributed by atoms with E-state index in [1.807, 2.05) is 57.2 Å². The first-order valence-corrected chi connectivity index (χ1v) is 24.3. The van der Waals surface area contributed by atoms with Gasteiger partial charge in [0.15, 0.2) is 5.79 Å². The Morgan fingerprint density at radius 2 is 1.71 bits per heavy atom. The van der Waals surface area contributed by atoms with E-state index in [1.165, 1.54) is 34.9 Å². The van der Waals surface area contributed by atoms with Gasteiger partial charge < -0.3 is 45.1 Å². The number of aliphatic hydroxyl groups excluding tert-OH is 1. The number of carbonyl (C=O) groups is 3. The number of thiophene rings is 1. The number of aryl methyl sites for hydroxylation is 1. The van der Waals surface area contributed by atoms with Crippen LogP contribution in [0, 0.1) is 17.3 Å². The van der Waals surface area contributed by atoms with Gasteiger partial charge in [-0.1, -0.05) is 58.0 Å². The molecule has 0 saturated carbocycles. The van der Waals surface area contributed by atoms with Crippen LogP contribution in [0.3, 0.4) is 0 Å². The van der Waals surface area contributed by atoms with Crippen LogP contribution in [0.15, 0.2) is 77.7 Å². The lowest BCUT2D eigenvalue weighted by molar-refractivity contribution is -0.181. The van der Waals surface area contributed by atoms with Crippen molar-refractivity contribution in [3.05, 3.63) is 105 Å². The van der Waals surface area contributed by atoms with Crippen LogP contribution in [0.25, 0.3) is 0 Å². The lowest BCUT2D eigenvalue weighted by Crippen LogP contribution is -2.51. The predicted octanol–water partition coefficient (Wildman–Crippen LogP) is 7.33. The molecule has 0 bridgehead atoms. The van der Waals surface area contributed by atoms with Gasteiger partial charge >= 0.3 is 12.1 Å². The number of anilines is 2. The van der Waals surface area contributed by atoms with Crippen LogP contribution in [-0.4, -0.2) is 98.4 Å². The minimum Gasteiger partial charge on any atom is -0.497 e. The number of methoxy groups -OCH3 is 1. The number of fused-ring (bicyclic) bond motifs is 2. The van der Waals surface area contributed by atoms with E-state index in [0.29, 0.717) is 41.3 Å². The highest BCUT2D eigenvalue weighted by Crippen LogP contribution is 2.44. The van der Waals surface area contributed by atoms with Crippen LogP contribution in [0.2, 0.25) is 0 Å². The maximum atomic E-state index is 14.0. The summed E-state index contributed by atoms with van der Waals surface area (Å²) in [5.41, 5.74) is 3.53. The molecule has 4 aromatic rings. The molecule has 65 heavy (non-hydrogen) atoms. The van der Waals surface area contributed by atoms with E-state index in [0.717, 1.165) is 34.5 Å². The van der Waals surface area contributed by atoms with E-state index in [4.69, 9.17) is 18.9 Å². The average molecular weight is 933 g/mol. The largest absolute Gasteiger partial charge is 0.497 e. The number of sulfonamides is 1. The minimum absolute atomic E-state index is 0.0252. The lowest BCUT2D eigenvalue weighted by Gasteiger charge is -2.31. The van der Waals surface area contributed by atoms with Gasteiger partial charge in [0.05, 0.1) is 48.8 Å². The summed E-state index contributed by atoms with van der Waals surface area (Å²) in [6.07, 6.45) is 0.457. The molecule has 1 aliphatic carbocycles. The number of carboxylic acid groups (broad SMARTS) is 1. The first kappa shape index (κ1) is 47.9. The quantitative estimate of drug-likeness (QED) is 0.0666. The number of aromatic carboxylic acids is 1. The number of aliphatic hydroxyl groups is 1. The van der Waals surface area contributed by atoms with Crippen molar-refractivity contribution in [2.45, 2.75) is 102 Å². The van der Waals surface area contributed by atoms with E-state index < -0.39 is 52.0 Å². The molecule has 2 aliphatic heterocycles. The Morgan fingerprint density at radius 1 is 0.985 bits per heavy atom. The first-order valence-electron chi connectivity index (χ1n) is 22.0. The fourth-order valence-corrected chi connectivity index (χ4v) is 11.8. The maximum absolute atomic E-state index is 14.0. The monoisotopic (exact) mass is 932 g/mol. The zero-order valence-electron chi connectivity index (χ0n) is 37.7. The van der Waals surface area contributed by atoms with Gasteiger partial charge in [0.1, 0.15) is 16.9 Å². The third-order valence-corrected chi connectivity index (χ3v) is 15.6. The number of carboxylic acids is 1. The van der Waals surface area contributed by atoms with Crippen molar-refractivity contribution >= 4 is 50.0 Å². The van der Waals surface area contributed by atoms with E-state index in [1.54, 1.807) is 24.3 Å². The second-order valence-electron chi connectivity index (χ2n) is 18.4. The highest BCUT2D eigenvalue weighted by atomic mass is 32.2. The number of alkyl carbamates (subject to hydrolysis) is 1. The third kappa shape index (κ3) is 11.2. The van der Waals surface area contributed by atoms with E-state index in [-0.39, 0.29) is 60.4 Å². The second-order valence-corrected chi connectivity index (χ2v) is 21.5. The Balaban J connectivity index is 1.05. The van der Waals surface area contributed by atoms with Crippen molar-refractivity contribution in [3.8, 4) is 5.75 Å². The molecule has 1 aromatic heterocycles. The van der Waals surface area contributed by atoms with Crippen LogP contribution in [0.1, 0.15) is 89.7 Å². The predicted molar refractivity (Wildman–Crippen MR) is 247 cm³/mol. The highest BCUT2D eigenvalue weighted by molar-refractivity contribution is 7.89. The smallest absolute Gasteiger partial charge is 0.407 e. The molecule has 7 rings (SSSR count). The molecule has 5 atom stereocenters. The number of rotatable bonds is 18. The number of nitrogens with one attached hydrogen (secondary N) is 3. The third-order valence-electron chi connectivity index (χ3n) is 12.5. The van der Waals surface area contributed by atoms with Gasteiger partial charge in [0.25, 0.3) is 5.91 Å². The molecule has 2 fully saturated rings. The molecular formula is C48H60N4O11S2. The van der Waals surface area contributed by atoms with Gasteiger partial charge in [-0.05, 0) is 110 Å². The summed E-state index contributed by atoms with van der Waals surface area (Å²) in [6, 6.07) is 19.6. The van der Waals surface area contributed by atoms with Crippen molar-refractivity contribution < 1.29 is 52.0 Å². The Morgan fingerprint density at radius 3 is 2.40 bits per heavy atom. The number of hydrogen-bond acceptors (Lipinski definition) is 12. The van der Waals surface area contributed by atoms with Gasteiger partial charge in [-0.15, -0.1) is 11.3 Å². The van der Waals surface area contributed by atoms with Crippen LogP contribution in [-0.2, 0) is 50.0 Å². The molecule has 0 spiro atoms. The van der Waals surface area contributed by atoms with Crippen LogP contribution < -0.4 is 20.7 Å². The molecule has 3 aliphatic rings. The summed E-state index contributed by atoms with van der Waals surface area (Å²) in [5, 5.41) is 31.5. The first-order chi connectivity index (χ1) is 30.9. The second kappa shape index (κ2) is 19.8. The average Bonchev–Trinajstić information content (AvgIpc) is 3.92. The topological polar surface area (TPSA) is 202 Å². The van der Waals surface area contributed by atoms with Gasteiger partial charge in [-0.25, -0.2) is 18.0 Å². The fraction of sp³-hybridized carbons (Fsp3) is 0.479. The normalized spacial score (nSPS) is 21.0. The van der Waals surface area contributed by atoms with Gasteiger partial charge in [0.2, 0.25) is 10.0 Å². The summed E-state index contributed by atoms with van der Waals surface area (Å²) in [7, 11) is -2.57. The van der Waals surface area contributed by atoms with Crippen molar-refractivity contribution in [1.82, 2.24) is 9.62 Å². The van der Waals surface area contributed by atoms with E-state index >= 15 is 0 Å². The SMILES string of the molecule is COc1ccc(S(=O)(=O)N(CC(C)C)C[C@@H](O)[C@H](Cc2ccc(NCc3ccccc3C(=O)Nc3sc4c(c3C(=O)O)CC(C)(C)CC4)cc2)NC(=O)O[C@H]2CO[C@@]3(C)OCC[C@@H]23)cc1. The van der Waals surface area contributed by atoms with Crippen molar-refractivity contribution in [2.24, 2.45) is 17.3 Å². The number of benzene rings is 3. The number of carbonyl (C=O) groups excluding carboxylic acids is 2. The van der Waals surface area contributed by atoms with Gasteiger partial charge in [0, 0.05) is 35.8 Å². The minimum atomic E-state index is -4.07. The molecule has 3 aromatic carbocycles. The van der Waals surface area contributed by atoms with Crippen molar-refractivity contribution in [2.75, 3.05) is 44.0 Å². The number of amides is 2. The van der Waals surface area contributed by atoms with Crippen molar-refractivity contribution in [3.63, 3.8) is 0 Å². The van der Waals surface area contributed by atoms with E-state index in [2.05, 4.69) is 29.8 Å². The number of hydrogen-bond donors (Lipinski definition) is 5. The lowest BCUT2D eigenvalue weighted by atomic mass is 9.76. The molecule has 0 unspecified atom stereocenters. The summed E-state index contributed by atoms with van der Waals surface area (Å²) >= 11 is 1.34.